The fraction of sp³-hybridized carbons (Fsp3) is 0.333. The van der Waals surface area contributed by atoms with E-state index in [1.807, 2.05) is 49.5 Å². The summed E-state index contributed by atoms with van der Waals surface area (Å²) in [5.41, 5.74) is 2.87. The van der Waals surface area contributed by atoms with E-state index in [9.17, 15) is 4.79 Å². The number of amides is 1. The van der Waals surface area contributed by atoms with Crippen molar-refractivity contribution in [2.45, 2.75) is 26.8 Å². The van der Waals surface area contributed by atoms with E-state index in [0.29, 0.717) is 12.1 Å². The van der Waals surface area contributed by atoms with E-state index >= 15 is 0 Å². The van der Waals surface area contributed by atoms with Crippen LogP contribution in [0.1, 0.15) is 35.6 Å². The van der Waals surface area contributed by atoms with Crippen molar-refractivity contribution in [1.29, 1.82) is 0 Å². The second-order valence-electron chi connectivity index (χ2n) is 6.36. The van der Waals surface area contributed by atoms with Gasteiger partial charge in [-0.05, 0) is 49.7 Å². The maximum Gasteiger partial charge on any atom is 0.253 e. The highest BCUT2D eigenvalue weighted by Crippen LogP contribution is 2.23. The number of aromatic nitrogens is 1. The minimum Gasteiger partial charge on any atom is -0.372 e. The zero-order valence-corrected chi connectivity index (χ0v) is 16.4. The van der Waals surface area contributed by atoms with E-state index in [4.69, 9.17) is 0 Å². The SMILES string of the molecule is CCCN(CC)c1ccc(C(=O)N(C)Cc2nc3ccccc3s2)cc1. The van der Waals surface area contributed by atoms with Crippen molar-refractivity contribution in [3.63, 3.8) is 0 Å². The third kappa shape index (κ3) is 4.05. The van der Waals surface area contributed by atoms with Gasteiger partial charge in [0.2, 0.25) is 0 Å². The van der Waals surface area contributed by atoms with Crippen LogP contribution >= 0.6 is 11.3 Å². The summed E-state index contributed by atoms with van der Waals surface area (Å²) >= 11 is 1.64. The second-order valence-corrected chi connectivity index (χ2v) is 7.48. The summed E-state index contributed by atoms with van der Waals surface area (Å²) < 4.78 is 1.16. The van der Waals surface area contributed by atoms with E-state index < -0.39 is 0 Å². The zero-order valence-electron chi connectivity index (χ0n) is 15.6. The summed E-state index contributed by atoms with van der Waals surface area (Å²) in [7, 11) is 1.83. The number of hydrogen-bond donors (Lipinski definition) is 0. The Bertz CT molecular complexity index is 839. The van der Waals surface area contributed by atoms with Gasteiger partial charge in [-0.25, -0.2) is 4.98 Å². The van der Waals surface area contributed by atoms with Gasteiger partial charge in [0, 0.05) is 31.4 Å². The predicted molar refractivity (Wildman–Crippen MR) is 110 cm³/mol. The molecule has 0 aliphatic carbocycles. The van der Waals surface area contributed by atoms with E-state index in [1.165, 1.54) is 5.69 Å². The Balaban J connectivity index is 1.69. The Hall–Kier alpha value is -2.40. The Morgan fingerprint density at radius 2 is 1.81 bits per heavy atom. The van der Waals surface area contributed by atoms with Gasteiger partial charge in [-0.2, -0.15) is 0 Å². The first-order valence-electron chi connectivity index (χ1n) is 9.07. The lowest BCUT2D eigenvalue weighted by Gasteiger charge is -2.23. The summed E-state index contributed by atoms with van der Waals surface area (Å²) in [6.45, 7) is 6.86. The molecule has 1 aromatic heterocycles. The molecule has 0 saturated heterocycles. The van der Waals surface area contributed by atoms with Crippen LogP contribution in [0.5, 0.6) is 0 Å². The Kier molecular flexibility index (Phi) is 5.89. The maximum absolute atomic E-state index is 12.7. The predicted octanol–water partition coefficient (Wildman–Crippen LogP) is 4.80. The van der Waals surface area contributed by atoms with Crippen LogP contribution < -0.4 is 4.90 Å². The molecule has 136 valence electrons. The Labute approximate surface area is 159 Å². The van der Waals surface area contributed by atoms with Gasteiger partial charge in [-0.1, -0.05) is 19.1 Å². The maximum atomic E-state index is 12.7. The lowest BCUT2D eigenvalue weighted by molar-refractivity contribution is 0.0785. The fourth-order valence-corrected chi connectivity index (χ4v) is 4.06. The average molecular weight is 368 g/mol. The standard InChI is InChI=1S/C21H25N3OS/c1-4-14-24(5-2)17-12-10-16(11-13-17)21(25)23(3)15-20-22-18-8-6-7-9-19(18)26-20/h6-13H,4-5,14-15H2,1-3H3. The number of anilines is 1. The first-order chi connectivity index (χ1) is 12.6. The molecule has 0 bridgehead atoms. The van der Waals surface area contributed by atoms with E-state index in [0.717, 1.165) is 34.7 Å². The van der Waals surface area contributed by atoms with Crippen LogP contribution in [0, 0.1) is 0 Å². The summed E-state index contributed by atoms with van der Waals surface area (Å²) in [5, 5.41) is 0.957. The van der Waals surface area contributed by atoms with Gasteiger partial charge < -0.3 is 9.80 Å². The van der Waals surface area contributed by atoms with E-state index in [-0.39, 0.29) is 5.91 Å². The van der Waals surface area contributed by atoms with Crippen LogP contribution in [0.15, 0.2) is 48.5 Å². The molecule has 0 N–H and O–H groups in total. The first kappa shape index (κ1) is 18.4. The highest BCUT2D eigenvalue weighted by Gasteiger charge is 2.15. The van der Waals surface area contributed by atoms with Crippen LogP contribution in [0.4, 0.5) is 5.69 Å². The molecule has 2 aromatic carbocycles. The van der Waals surface area contributed by atoms with Crippen molar-refractivity contribution in [3.8, 4) is 0 Å². The lowest BCUT2D eigenvalue weighted by Crippen LogP contribution is -2.26. The molecule has 0 spiro atoms. The molecule has 0 aliphatic heterocycles. The van der Waals surface area contributed by atoms with Crippen LogP contribution in [0.25, 0.3) is 10.2 Å². The number of benzene rings is 2. The molecule has 3 aromatic rings. The monoisotopic (exact) mass is 367 g/mol. The Morgan fingerprint density at radius 1 is 1.08 bits per heavy atom. The third-order valence-corrected chi connectivity index (χ3v) is 5.43. The average Bonchev–Trinajstić information content (AvgIpc) is 3.08. The van der Waals surface area contributed by atoms with Gasteiger partial charge in [0.15, 0.2) is 0 Å². The van der Waals surface area contributed by atoms with E-state index in [2.05, 4.69) is 29.8 Å². The van der Waals surface area contributed by atoms with Crippen LogP contribution in [0.3, 0.4) is 0 Å². The van der Waals surface area contributed by atoms with Gasteiger partial charge in [0.25, 0.3) is 5.91 Å². The molecule has 0 fully saturated rings. The Morgan fingerprint density at radius 3 is 2.46 bits per heavy atom. The van der Waals surface area contributed by atoms with E-state index in [1.54, 1.807) is 16.2 Å². The van der Waals surface area contributed by atoms with Crippen molar-refractivity contribution in [2.75, 3.05) is 25.0 Å². The first-order valence-corrected chi connectivity index (χ1v) is 9.89. The number of thiazole rings is 1. The van der Waals surface area contributed by atoms with Gasteiger partial charge in [0.1, 0.15) is 5.01 Å². The highest BCUT2D eigenvalue weighted by molar-refractivity contribution is 7.18. The van der Waals surface area contributed by atoms with Crippen molar-refractivity contribution in [3.05, 3.63) is 59.1 Å². The largest absolute Gasteiger partial charge is 0.372 e. The highest BCUT2D eigenvalue weighted by atomic mass is 32.1. The summed E-state index contributed by atoms with van der Waals surface area (Å²) in [5.74, 6) is 0.0225. The minimum atomic E-state index is 0.0225. The van der Waals surface area contributed by atoms with Gasteiger partial charge >= 0.3 is 0 Å². The molecule has 0 atom stereocenters. The summed E-state index contributed by atoms with van der Waals surface area (Å²) in [6, 6.07) is 16.0. The molecule has 0 unspecified atom stereocenters. The van der Waals surface area contributed by atoms with Crippen LogP contribution in [0.2, 0.25) is 0 Å². The quantitative estimate of drug-likeness (QED) is 0.601. The summed E-state index contributed by atoms with van der Waals surface area (Å²) in [6.07, 6.45) is 1.11. The molecule has 1 amide bonds. The molecule has 5 heteroatoms. The molecule has 3 rings (SSSR count). The van der Waals surface area contributed by atoms with Crippen molar-refractivity contribution in [2.24, 2.45) is 0 Å². The number of carbonyl (C=O) groups is 1. The molecular formula is C21H25N3OS. The van der Waals surface area contributed by atoms with Crippen LogP contribution in [-0.4, -0.2) is 35.9 Å². The fourth-order valence-electron chi connectivity index (χ4n) is 3.04. The number of carbonyl (C=O) groups excluding carboxylic acids is 1. The molecule has 26 heavy (non-hydrogen) atoms. The normalized spacial score (nSPS) is 10.9. The summed E-state index contributed by atoms with van der Waals surface area (Å²) in [4.78, 5) is 21.4. The molecular weight excluding hydrogens is 342 g/mol. The van der Waals surface area contributed by atoms with Gasteiger partial charge in [0.05, 0.1) is 16.8 Å². The number of para-hydroxylation sites is 1. The molecule has 4 nitrogen and oxygen atoms in total. The lowest BCUT2D eigenvalue weighted by atomic mass is 10.1. The molecule has 1 heterocycles. The third-order valence-electron chi connectivity index (χ3n) is 4.41. The van der Waals surface area contributed by atoms with Crippen LogP contribution in [-0.2, 0) is 6.54 Å². The smallest absolute Gasteiger partial charge is 0.253 e. The second kappa shape index (κ2) is 8.32. The number of rotatable bonds is 7. The number of fused-ring (bicyclic) bond motifs is 1. The topological polar surface area (TPSA) is 36.4 Å². The number of hydrogen-bond acceptors (Lipinski definition) is 4. The minimum absolute atomic E-state index is 0.0225. The molecule has 0 saturated carbocycles. The van der Waals surface area contributed by atoms with Crippen molar-refractivity contribution < 1.29 is 4.79 Å². The molecule has 0 aliphatic rings. The van der Waals surface area contributed by atoms with Crippen molar-refractivity contribution in [1.82, 2.24) is 9.88 Å². The zero-order chi connectivity index (χ0) is 18.5. The van der Waals surface area contributed by atoms with Gasteiger partial charge in [-0.3, -0.25) is 4.79 Å². The molecule has 0 radical (unpaired) electrons. The van der Waals surface area contributed by atoms with Gasteiger partial charge in [-0.15, -0.1) is 11.3 Å². The van der Waals surface area contributed by atoms with Crippen molar-refractivity contribution >= 4 is 33.1 Å². The number of nitrogens with zero attached hydrogens (tertiary/aromatic N) is 3.